The highest BCUT2D eigenvalue weighted by Crippen LogP contribution is 2.33. The van der Waals surface area contributed by atoms with Crippen molar-refractivity contribution in [1.82, 2.24) is 10.2 Å². The molecule has 3 aromatic rings. The molecule has 1 N–H and O–H groups in total. The number of benzene rings is 3. The molecule has 3 rings (SSSR count). The first-order chi connectivity index (χ1) is 20.6. The van der Waals surface area contributed by atoms with E-state index >= 15 is 0 Å². The van der Waals surface area contributed by atoms with Crippen LogP contribution in [0.3, 0.4) is 0 Å². The zero-order chi connectivity index (χ0) is 31.6. The summed E-state index contributed by atoms with van der Waals surface area (Å²) >= 11 is 0. The third-order valence-electron chi connectivity index (χ3n) is 6.66. The molecule has 43 heavy (non-hydrogen) atoms. The summed E-state index contributed by atoms with van der Waals surface area (Å²) in [4.78, 5) is 28.3. The second-order valence-corrected chi connectivity index (χ2v) is 11.3. The molecule has 10 nitrogen and oxygen atoms in total. The first-order valence-electron chi connectivity index (χ1n) is 13.9. The number of rotatable bonds is 15. The van der Waals surface area contributed by atoms with Gasteiger partial charge < -0.3 is 24.4 Å². The molecule has 1 atom stereocenters. The van der Waals surface area contributed by atoms with Gasteiger partial charge in [0, 0.05) is 19.2 Å². The number of halogens is 1. The summed E-state index contributed by atoms with van der Waals surface area (Å²) in [7, 11) is -1.52. The molecule has 0 saturated heterocycles. The van der Waals surface area contributed by atoms with Gasteiger partial charge in [-0.15, -0.1) is 0 Å². The normalized spacial score (nSPS) is 11.8. The predicted molar refractivity (Wildman–Crippen MR) is 161 cm³/mol. The summed E-state index contributed by atoms with van der Waals surface area (Å²) in [6, 6.07) is 15.1. The van der Waals surface area contributed by atoms with Crippen molar-refractivity contribution in [2.45, 2.75) is 44.7 Å². The SMILES string of the molecule is CCNC(=O)C(CC)N(Cc1ccc(F)cc1)C(=O)CN(c1ccc(OCC)cc1)S(=O)(=O)c1ccc(OC)c(OC)c1. The van der Waals surface area contributed by atoms with Gasteiger partial charge in [-0.3, -0.25) is 13.9 Å². The molecule has 0 fully saturated rings. The van der Waals surface area contributed by atoms with Gasteiger partial charge in [0.05, 0.1) is 31.4 Å². The van der Waals surface area contributed by atoms with Gasteiger partial charge in [0.25, 0.3) is 10.0 Å². The standard InChI is InChI=1S/C31H38FN3O7S/c1-6-27(31(37)33-7-2)34(20-22-9-11-23(32)12-10-22)30(36)21-35(24-13-15-25(16-14-24)42-8-3)43(38,39)26-17-18-28(40-4)29(19-26)41-5/h9-19,27H,6-8,20-21H2,1-5H3,(H,33,37). The van der Waals surface area contributed by atoms with Gasteiger partial charge in [0.1, 0.15) is 24.2 Å². The Morgan fingerprint density at radius 1 is 0.907 bits per heavy atom. The van der Waals surface area contributed by atoms with Crippen LogP contribution in [0.25, 0.3) is 0 Å². The predicted octanol–water partition coefficient (Wildman–Crippen LogP) is 4.38. The summed E-state index contributed by atoms with van der Waals surface area (Å²) in [6.07, 6.45) is 0.268. The van der Waals surface area contributed by atoms with Crippen molar-refractivity contribution in [1.29, 1.82) is 0 Å². The smallest absolute Gasteiger partial charge is 0.264 e. The number of amides is 2. The molecule has 12 heteroatoms. The third-order valence-corrected chi connectivity index (χ3v) is 8.43. The fourth-order valence-electron chi connectivity index (χ4n) is 4.51. The molecule has 1 unspecified atom stereocenters. The summed E-state index contributed by atoms with van der Waals surface area (Å²) in [5.41, 5.74) is 0.784. The van der Waals surface area contributed by atoms with Crippen LogP contribution in [0.4, 0.5) is 10.1 Å². The van der Waals surface area contributed by atoms with E-state index in [-0.39, 0.29) is 35.2 Å². The van der Waals surface area contributed by atoms with E-state index in [1.54, 1.807) is 38.1 Å². The molecule has 0 bridgehead atoms. The Morgan fingerprint density at radius 2 is 1.56 bits per heavy atom. The second-order valence-electron chi connectivity index (χ2n) is 9.42. The molecule has 0 aliphatic rings. The number of carbonyl (C=O) groups is 2. The topological polar surface area (TPSA) is 114 Å². The quantitative estimate of drug-likeness (QED) is 0.270. The Balaban J connectivity index is 2.10. The van der Waals surface area contributed by atoms with Crippen LogP contribution in [0.1, 0.15) is 32.8 Å². The van der Waals surface area contributed by atoms with E-state index < -0.39 is 34.3 Å². The number of ether oxygens (including phenoxy) is 3. The van der Waals surface area contributed by atoms with Gasteiger partial charge in [-0.2, -0.15) is 0 Å². The number of nitrogens with one attached hydrogen (secondary N) is 1. The minimum absolute atomic E-state index is 0.0394. The van der Waals surface area contributed by atoms with Crippen LogP contribution in [0, 0.1) is 5.82 Å². The van der Waals surface area contributed by atoms with Gasteiger partial charge >= 0.3 is 0 Å². The lowest BCUT2D eigenvalue weighted by Crippen LogP contribution is -2.52. The number of sulfonamides is 1. The Morgan fingerprint density at radius 3 is 2.12 bits per heavy atom. The number of carbonyl (C=O) groups excluding carboxylic acids is 2. The maximum atomic E-state index is 14.1. The largest absolute Gasteiger partial charge is 0.494 e. The maximum Gasteiger partial charge on any atom is 0.264 e. The van der Waals surface area contributed by atoms with Crippen LogP contribution in [0.5, 0.6) is 17.2 Å². The van der Waals surface area contributed by atoms with Gasteiger partial charge in [-0.1, -0.05) is 19.1 Å². The van der Waals surface area contributed by atoms with E-state index in [0.29, 0.717) is 30.2 Å². The second kappa shape index (κ2) is 15.2. The summed E-state index contributed by atoms with van der Waals surface area (Å²) in [5.74, 6) is -0.386. The number of methoxy groups -OCH3 is 2. The molecule has 0 spiro atoms. The van der Waals surface area contributed by atoms with Gasteiger partial charge in [-0.05, 0) is 74.4 Å². The number of hydrogen-bond donors (Lipinski definition) is 1. The van der Waals surface area contributed by atoms with Crippen LogP contribution < -0.4 is 23.8 Å². The Labute approximate surface area is 252 Å². The van der Waals surface area contributed by atoms with Crippen LogP contribution in [0.2, 0.25) is 0 Å². The molecule has 0 heterocycles. The number of anilines is 1. The highest BCUT2D eigenvalue weighted by Gasteiger charge is 2.34. The van der Waals surface area contributed by atoms with Gasteiger partial charge in [0.15, 0.2) is 11.5 Å². The van der Waals surface area contributed by atoms with Crippen LogP contribution in [-0.2, 0) is 26.2 Å². The minimum Gasteiger partial charge on any atom is -0.494 e. The fourth-order valence-corrected chi connectivity index (χ4v) is 5.94. The number of likely N-dealkylation sites (N-methyl/N-ethyl adjacent to an activating group) is 1. The molecular formula is C31H38FN3O7S. The van der Waals surface area contributed by atoms with Crippen LogP contribution >= 0.6 is 0 Å². The van der Waals surface area contributed by atoms with Crippen molar-refractivity contribution >= 4 is 27.5 Å². The first-order valence-corrected chi connectivity index (χ1v) is 15.3. The maximum absolute atomic E-state index is 14.1. The van der Waals surface area contributed by atoms with Gasteiger partial charge in [0.2, 0.25) is 11.8 Å². The molecule has 0 aliphatic heterocycles. The number of nitrogens with zero attached hydrogens (tertiary/aromatic N) is 2. The van der Waals surface area contributed by atoms with Crippen molar-refractivity contribution < 1.29 is 36.6 Å². The lowest BCUT2D eigenvalue weighted by Gasteiger charge is -2.33. The lowest BCUT2D eigenvalue weighted by molar-refractivity contribution is -0.140. The third kappa shape index (κ3) is 8.16. The highest BCUT2D eigenvalue weighted by molar-refractivity contribution is 7.92. The molecule has 0 aliphatic carbocycles. The monoisotopic (exact) mass is 615 g/mol. The molecule has 0 aromatic heterocycles. The van der Waals surface area contributed by atoms with Crippen molar-refractivity contribution in [2.75, 3.05) is 38.2 Å². The summed E-state index contributed by atoms with van der Waals surface area (Å²) in [5, 5.41) is 2.75. The molecule has 3 aromatic carbocycles. The molecule has 2 amide bonds. The van der Waals surface area contributed by atoms with E-state index in [0.717, 1.165) is 4.31 Å². The number of hydrogen-bond acceptors (Lipinski definition) is 7. The van der Waals surface area contributed by atoms with Crippen LogP contribution in [-0.4, -0.2) is 65.1 Å². The Kier molecular flexibility index (Phi) is 11.8. The highest BCUT2D eigenvalue weighted by atomic mass is 32.2. The first kappa shape index (κ1) is 33.2. The fraction of sp³-hybridized carbons (Fsp3) is 0.355. The summed E-state index contributed by atoms with van der Waals surface area (Å²) < 4.78 is 59.0. The van der Waals surface area contributed by atoms with Crippen LogP contribution in [0.15, 0.2) is 71.6 Å². The van der Waals surface area contributed by atoms with E-state index in [2.05, 4.69) is 5.32 Å². The Bertz CT molecular complexity index is 1480. The van der Waals surface area contributed by atoms with Gasteiger partial charge in [-0.25, -0.2) is 12.8 Å². The van der Waals surface area contributed by atoms with Crippen molar-refractivity contribution in [2.24, 2.45) is 0 Å². The lowest BCUT2D eigenvalue weighted by atomic mass is 10.1. The van der Waals surface area contributed by atoms with E-state index in [4.69, 9.17) is 14.2 Å². The molecule has 0 saturated carbocycles. The zero-order valence-electron chi connectivity index (χ0n) is 25.0. The molecule has 0 radical (unpaired) electrons. The minimum atomic E-state index is -4.35. The average Bonchev–Trinajstić information content (AvgIpc) is 3.01. The van der Waals surface area contributed by atoms with Crippen molar-refractivity contribution in [3.8, 4) is 17.2 Å². The van der Waals surface area contributed by atoms with E-state index in [9.17, 15) is 22.4 Å². The van der Waals surface area contributed by atoms with Crippen molar-refractivity contribution in [3.63, 3.8) is 0 Å². The van der Waals surface area contributed by atoms with E-state index in [1.807, 2.05) is 6.92 Å². The summed E-state index contributed by atoms with van der Waals surface area (Å²) in [6.45, 7) is 5.45. The van der Waals surface area contributed by atoms with E-state index in [1.165, 1.54) is 61.6 Å². The molecule has 232 valence electrons. The average molecular weight is 616 g/mol. The zero-order valence-corrected chi connectivity index (χ0v) is 25.8. The molecular weight excluding hydrogens is 577 g/mol. The van der Waals surface area contributed by atoms with Crippen molar-refractivity contribution in [3.05, 3.63) is 78.1 Å². The Hall–Kier alpha value is -4.32.